The number of hydrogen-bond donors (Lipinski definition) is 1. The van der Waals surface area contributed by atoms with Crippen LogP contribution in [0.4, 0.5) is 0 Å². The van der Waals surface area contributed by atoms with Crippen molar-refractivity contribution in [2.75, 3.05) is 13.2 Å². The number of carbonyl (C=O) groups excluding carboxylic acids is 1. The molecule has 126 valence electrons. The molecule has 3 aromatic rings. The van der Waals surface area contributed by atoms with E-state index in [0.29, 0.717) is 12.2 Å². The Hall–Kier alpha value is -2.86. The Morgan fingerprint density at radius 1 is 1.24 bits per heavy atom. The lowest BCUT2D eigenvalue weighted by Gasteiger charge is -2.12. The zero-order valence-electron chi connectivity index (χ0n) is 13.7. The number of fused-ring (bicyclic) bond motifs is 1. The Labute approximate surface area is 145 Å². The van der Waals surface area contributed by atoms with E-state index in [9.17, 15) is 4.79 Å². The van der Waals surface area contributed by atoms with Gasteiger partial charge in [-0.3, -0.25) is 14.8 Å². The summed E-state index contributed by atoms with van der Waals surface area (Å²) in [6.45, 7) is 1.28. The summed E-state index contributed by atoms with van der Waals surface area (Å²) in [7, 11) is 0. The Morgan fingerprint density at radius 3 is 2.96 bits per heavy atom. The highest BCUT2D eigenvalue weighted by Crippen LogP contribution is 2.27. The second kappa shape index (κ2) is 6.94. The Bertz CT molecular complexity index is 892. The molecule has 6 heteroatoms. The predicted molar refractivity (Wildman–Crippen MR) is 94.1 cm³/mol. The minimum Gasteiger partial charge on any atom is -0.376 e. The molecule has 1 atom stereocenters. The van der Waals surface area contributed by atoms with Crippen LogP contribution in [0.25, 0.3) is 22.0 Å². The number of hydrogen-bond acceptors (Lipinski definition) is 5. The lowest BCUT2D eigenvalue weighted by Crippen LogP contribution is -2.32. The first-order chi connectivity index (χ1) is 12.3. The maximum absolute atomic E-state index is 12.6. The molecule has 0 aromatic carbocycles. The van der Waals surface area contributed by atoms with E-state index >= 15 is 0 Å². The van der Waals surface area contributed by atoms with Crippen LogP contribution < -0.4 is 5.32 Å². The standard InChI is InChI=1S/C19H18N4O2/c24-19(22-11-14-4-2-8-25-14)18-9-15(13-3-1-6-20-10-13)16-12-21-7-5-17(16)23-18/h1,3,5-7,9-10,12,14H,2,4,8,11H2,(H,22,24)/t14-/m1/s1. The molecule has 1 amide bonds. The van der Waals surface area contributed by atoms with E-state index in [2.05, 4.69) is 20.3 Å². The highest BCUT2D eigenvalue weighted by atomic mass is 16.5. The van der Waals surface area contributed by atoms with Crippen LogP contribution in [0.15, 0.2) is 49.1 Å². The smallest absolute Gasteiger partial charge is 0.270 e. The van der Waals surface area contributed by atoms with E-state index in [-0.39, 0.29) is 12.0 Å². The predicted octanol–water partition coefficient (Wildman–Crippen LogP) is 2.60. The van der Waals surface area contributed by atoms with Crippen LogP contribution >= 0.6 is 0 Å². The average molecular weight is 334 g/mol. The summed E-state index contributed by atoms with van der Waals surface area (Å²) in [5.74, 6) is -0.195. The maximum atomic E-state index is 12.6. The third kappa shape index (κ3) is 3.34. The van der Waals surface area contributed by atoms with Crippen LogP contribution in [0.1, 0.15) is 23.3 Å². The number of amides is 1. The van der Waals surface area contributed by atoms with Crippen LogP contribution in [0, 0.1) is 0 Å². The minimum absolute atomic E-state index is 0.103. The molecular formula is C19H18N4O2. The minimum atomic E-state index is -0.195. The van der Waals surface area contributed by atoms with Crippen molar-refractivity contribution in [1.29, 1.82) is 0 Å². The van der Waals surface area contributed by atoms with Crippen molar-refractivity contribution < 1.29 is 9.53 Å². The number of pyridine rings is 3. The van der Waals surface area contributed by atoms with Crippen LogP contribution in [-0.4, -0.2) is 40.1 Å². The third-order valence-electron chi connectivity index (χ3n) is 4.33. The van der Waals surface area contributed by atoms with E-state index < -0.39 is 0 Å². The number of aromatic nitrogens is 3. The first-order valence-electron chi connectivity index (χ1n) is 8.36. The van der Waals surface area contributed by atoms with E-state index in [1.54, 1.807) is 30.9 Å². The van der Waals surface area contributed by atoms with Gasteiger partial charge in [0, 0.05) is 48.9 Å². The van der Waals surface area contributed by atoms with Crippen molar-refractivity contribution in [3.05, 3.63) is 54.7 Å². The summed E-state index contributed by atoms with van der Waals surface area (Å²) >= 11 is 0. The summed E-state index contributed by atoms with van der Waals surface area (Å²) in [6, 6.07) is 7.44. The van der Waals surface area contributed by atoms with E-state index in [1.165, 1.54) is 0 Å². The topological polar surface area (TPSA) is 77.0 Å². The molecule has 3 aromatic heterocycles. The van der Waals surface area contributed by atoms with Crippen molar-refractivity contribution in [2.24, 2.45) is 0 Å². The van der Waals surface area contributed by atoms with Gasteiger partial charge in [0.2, 0.25) is 0 Å². The van der Waals surface area contributed by atoms with Crippen LogP contribution in [0.5, 0.6) is 0 Å². The molecule has 1 aliphatic heterocycles. The molecule has 1 aliphatic rings. The van der Waals surface area contributed by atoms with Crippen molar-refractivity contribution in [3.8, 4) is 11.1 Å². The average Bonchev–Trinajstić information content (AvgIpc) is 3.19. The van der Waals surface area contributed by atoms with Gasteiger partial charge >= 0.3 is 0 Å². The van der Waals surface area contributed by atoms with E-state index in [0.717, 1.165) is 41.5 Å². The molecule has 1 fully saturated rings. The van der Waals surface area contributed by atoms with Gasteiger partial charge in [0.25, 0.3) is 5.91 Å². The summed E-state index contributed by atoms with van der Waals surface area (Å²) in [6.07, 6.45) is 9.07. The van der Waals surface area contributed by atoms with Gasteiger partial charge < -0.3 is 10.1 Å². The molecule has 0 bridgehead atoms. The lowest BCUT2D eigenvalue weighted by molar-refractivity contribution is 0.0854. The number of nitrogens with one attached hydrogen (secondary N) is 1. The summed E-state index contributed by atoms with van der Waals surface area (Å²) in [5.41, 5.74) is 2.94. The molecule has 0 unspecified atom stereocenters. The lowest BCUT2D eigenvalue weighted by atomic mass is 10.0. The van der Waals surface area contributed by atoms with Gasteiger partial charge in [-0.05, 0) is 36.6 Å². The molecule has 0 radical (unpaired) electrons. The van der Waals surface area contributed by atoms with Gasteiger partial charge in [0.05, 0.1) is 11.6 Å². The van der Waals surface area contributed by atoms with Crippen LogP contribution in [0.2, 0.25) is 0 Å². The zero-order valence-corrected chi connectivity index (χ0v) is 13.7. The van der Waals surface area contributed by atoms with Gasteiger partial charge in [-0.15, -0.1) is 0 Å². The highest BCUT2D eigenvalue weighted by molar-refractivity contribution is 6.00. The monoisotopic (exact) mass is 334 g/mol. The first kappa shape index (κ1) is 15.7. The highest BCUT2D eigenvalue weighted by Gasteiger charge is 2.18. The van der Waals surface area contributed by atoms with E-state index in [4.69, 9.17) is 4.74 Å². The SMILES string of the molecule is O=C(NC[C@H]1CCCO1)c1cc(-c2cccnc2)c2cnccc2n1. The molecule has 1 saturated heterocycles. The largest absolute Gasteiger partial charge is 0.376 e. The van der Waals surface area contributed by atoms with Crippen LogP contribution in [0.3, 0.4) is 0 Å². The summed E-state index contributed by atoms with van der Waals surface area (Å²) < 4.78 is 5.55. The van der Waals surface area contributed by atoms with Crippen molar-refractivity contribution in [2.45, 2.75) is 18.9 Å². The molecule has 1 N–H and O–H groups in total. The molecule has 6 nitrogen and oxygen atoms in total. The number of rotatable bonds is 4. The number of nitrogens with zero attached hydrogens (tertiary/aromatic N) is 3. The van der Waals surface area contributed by atoms with Crippen molar-refractivity contribution in [1.82, 2.24) is 20.3 Å². The third-order valence-corrected chi connectivity index (χ3v) is 4.33. The second-order valence-corrected chi connectivity index (χ2v) is 6.03. The molecule has 4 rings (SSSR count). The van der Waals surface area contributed by atoms with Crippen molar-refractivity contribution >= 4 is 16.8 Å². The Balaban J connectivity index is 1.68. The van der Waals surface area contributed by atoms with Gasteiger partial charge in [-0.25, -0.2) is 4.98 Å². The molecule has 4 heterocycles. The fourth-order valence-electron chi connectivity index (χ4n) is 3.05. The van der Waals surface area contributed by atoms with E-state index in [1.807, 2.05) is 18.2 Å². The number of ether oxygens (including phenoxy) is 1. The Kier molecular flexibility index (Phi) is 4.35. The Morgan fingerprint density at radius 2 is 2.16 bits per heavy atom. The zero-order chi connectivity index (χ0) is 17.1. The van der Waals surface area contributed by atoms with Gasteiger partial charge in [-0.1, -0.05) is 6.07 Å². The molecule has 0 saturated carbocycles. The van der Waals surface area contributed by atoms with Crippen LogP contribution in [-0.2, 0) is 4.74 Å². The quantitative estimate of drug-likeness (QED) is 0.793. The molecule has 0 aliphatic carbocycles. The van der Waals surface area contributed by atoms with Gasteiger partial charge in [0.1, 0.15) is 5.69 Å². The maximum Gasteiger partial charge on any atom is 0.270 e. The summed E-state index contributed by atoms with van der Waals surface area (Å²) in [5, 5.41) is 3.82. The number of carbonyl (C=O) groups is 1. The van der Waals surface area contributed by atoms with Crippen molar-refractivity contribution in [3.63, 3.8) is 0 Å². The molecule has 0 spiro atoms. The fourth-order valence-corrected chi connectivity index (χ4v) is 3.05. The fraction of sp³-hybridized carbons (Fsp3) is 0.263. The van der Waals surface area contributed by atoms with Gasteiger partial charge in [0.15, 0.2) is 0 Å². The second-order valence-electron chi connectivity index (χ2n) is 6.03. The molecule has 25 heavy (non-hydrogen) atoms. The first-order valence-corrected chi connectivity index (χ1v) is 8.36. The summed E-state index contributed by atoms with van der Waals surface area (Å²) in [4.78, 5) is 25.4. The molecular weight excluding hydrogens is 316 g/mol. The normalized spacial score (nSPS) is 16.9. The van der Waals surface area contributed by atoms with Gasteiger partial charge in [-0.2, -0.15) is 0 Å².